The Bertz CT molecular complexity index is 1500. The number of nitrogens with zero attached hydrogens (tertiary/aromatic N) is 5. The predicted molar refractivity (Wildman–Crippen MR) is 133 cm³/mol. The SMILES string of the molecule is Cc1ccc(N2C(=O)CSC2c2ccc(OCc3cc4ccccc4n4nnnc34)cc2)cc1. The lowest BCUT2D eigenvalue weighted by Crippen LogP contribution is -2.27. The van der Waals surface area contributed by atoms with Crippen LogP contribution in [0.1, 0.15) is 22.1 Å². The van der Waals surface area contributed by atoms with Crippen LogP contribution in [0, 0.1) is 6.92 Å². The third-order valence-corrected chi connectivity index (χ3v) is 7.20. The van der Waals surface area contributed by atoms with E-state index in [-0.39, 0.29) is 11.3 Å². The second-order valence-corrected chi connectivity index (χ2v) is 9.33. The zero-order chi connectivity index (χ0) is 23.1. The number of thioether (sulfide) groups is 1. The number of fused-ring (bicyclic) bond motifs is 3. The number of tetrazole rings is 1. The topological polar surface area (TPSA) is 72.6 Å². The van der Waals surface area contributed by atoms with Crippen molar-refractivity contribution in [2.75, 3.05) is 10.7 Å². The average molecular weight is 468 g/mol. The highest BCUT2D eigenvalue weighted by atomic mass is 32.2. The summed E-state index contributed by atoms with van der Waals surface area (Å²) in [5.41, 5.74) is 5.72. The Labute approximate surface area is 200 Å². The van der Waals surface area contributed by atoms with Gasteiger partial charge in [-0.2, -0.15) is 4.52 Å². The van der Waals surface area contributed by atoms with Crippen molar-refractivity contribution in [3.8, 4) is 5.75 Å². The number of aryl methyl sites for hydroxylation is 1. The summed E-state index contributed by atoms with van der Waals surface area (Å²) in [4.78, 5) is 14.5. The Morgan fingerprint density at radius 2 is 1.82 bits per heavy atom. The number of anilines is 1. The number of aromatic nitrogens is 4. The Kier molecular flexibility index (Phi) is 5.15. The average Bonchev–Trinajstić information content (AvgIpc) is 3.51. The van der Waals surface area contributed by atoms with E-state index in [0.717, 1.165) is 33.5 Å². The molecular weight excluding hydrogens is 446 g/mol. The summed E-state index contributed by atoms with van der Waals surface area (Å²) in [7, 11) is 0. The maximum atomic E-state index is 12.6. The molecular formula is C26H21N5O2S. The van der Waals surface area contributed by atoms with Gasteiger partial charge in [0.05, 0.1) is 11.3 Å². The summed E-state index contributed by atoms with van der Waals surface area (Å²) in [6, 6.07) is 26.1. The molecule has 3 heterocycles. The van der Waals surface area contributed by atoms with Crippen molar-refractivity contribution in [2.45, 2.75) is 18.9 Å². The van der Waals surface area contributed by atoms with Gasteiger partial charge in [0.1, 0.15) is 17.7 Å². The summed E-state index contributed by atoms with van der Waals surface area (Å²) in [5.74, 6) is 1.35. The summed E-state index contributed by atoms with van der Waals surface area (Å²) < 4.78 is 7.83. The van der Waals surface area contributed by atoms with Gasteiger partial charge in [0.2, 0.25) is 5.91 Å². The standard InChI is InChI=1S/C26H21N5O2S/c1-17-6-10-21(11-7-17)30-24(32)16-34-26(30)18-8-12-22(13-9-18)33-15-20-14-19-4-2-3-5-23(19)31-25(20)27-28-29-31/h2-14,26H,15-16H2,1H3. The molecule has 0 N–H and O–H groups in total. The molecule has 1 saturated heterocycles. The summed E-state index contributed by atoms with van der Waals surface area (Å²) >= 11 is 1.64. The molecule has 1 atom stereocenters. The van der Waals surface area contributed by atoms with Crippen molar-refractivity contribution >= 4 is 39.9 Å². The molecule has 7 nitrogen and oxygen atoms in total. The van der Waals surface area contributed by atoms with Crippen molar-refractivity contribution in [3.05, 3.63) is 95.6 Å². The van der Waals surface area contributed by atoms with Crippen LogP contribution in [0.25, 0.3) is 16.6 Å². The van der Waals surface area contributed by atoms with Crippen LogP contribution < -0.4 is 9.64 Å². The maximum absolute atomic E-state index is 12.6. The van der Waals surface area contributed by atoms with Crippen LogP contribution in [-0.4, -0.2) is 31.7 Å². The molecule has 0 spiro atoms. The zero-order valence-corrected chi connectivity index (χ0v) is 19.3. The smallest absolute Gasteiger partial charge is 0.238 e. The third kappa shape index (κ3) is 3.66. The van der Waals surface area contributed by atoms with Crippen LogP contribution in [0.2, 0.25) is 0 Å². The van der Waals surface area contributed by atoms with E-state index in [4.69, 9.17) is 4.74 Å². The molecule has 0 saturated carbocycles. The van der Waals surface area contributed by atoms with Gasteiger partial charge < -0.3 is 4.74 Å². The number of pyridine rings is 1. The van der Waals surface area contributed by atoms with Gasteiger partial charge in [-0.15, -0.1) is 16.9 Å². The second kappa shape index (κ2) is 8.46. The molecule has 168 valence electrons. The van der Waals surface area contributed by atoms with Crippen LogP contribution in [0.3, 0.4) is 0 Å². The van der Waals surface area contributed by atoms with Crippen molar-refractivity contribution in [1.29, 1.82) is 0 Å². The lowest BCUT2D eigenvalue weighted by atomic mass is 10.1. The fourth-order valence-electron chi connectivity index (χ4n) is 4.26. The normalized spacial score (nSPS) is 16.0. The Morgan fingerprint density at radius 1 is 1.03 bits per heavy atom. The van der Waals surface area contributed by atoms with E-state index < -0.39 is 0 Å². The first-order valence-corrected chi connectivity index (χ1v) is 12.0. The number of benzene rings is 3. The fraction of sp³-hybridized carbons (Fsp3) is 0.154. The van der Waals surface area contributed by atoms with E-state index in [0.29, 0.717) is 18.0 Å². The molecule has 0 bridgehead atoms. The molecule has 0 radical (unpaired) electrons. The number of rotatable bonds is 5. The monoisotopic (exact) mass is 467 g/mol. The highest BCUT2D eigenvalue weighted by Crippen LogP contribution is 2.42. The number of hydrogen-bond donors (Lipinski definition) is 0. The predicted octanol–water partition coefficient (Wildman–Crippen LogP) is 4.94. The largest absolute Gasteiger partial charge is 0.489 e. The molecule has 1 fully saturated rings. The third-order valence-electron chi connectivity index (χ3n) is 5.99. The van der Waals surface area contributed by atoms with Gasteiger partial charge in [0.15, 0.2) is 5.65 Å². The highest BCUT2D eigenvalue weighted by Gasteiger charge is 2.33. The molecule has 2 aromatic heterocycles. The number of hydrogen-bond acceptors (Lipinski definition) is 6. The van der Waals surface area contributed by atoms with Gasteiger partial charge >= 0.3 is 0 Å². The van der Waals surface area contributed by atoms with Gasteiger partial charge in [-0.1, -0.05) is 48.0 Å². The Balaban J connectivity index is 1.22. The Morgan fingerprint density at radius 3 is 2.65 bits per heavy atom. The number of carbonyl (C=O) groups excluding carboxylic acids is 1. The van der Waals surface area contributed by atoms with Gasteiger partial charge in [-0.25, -0.2) is 0 Å². The summed E-state index contributed by atoms with van der Waals surface area (Å²) in [6.45, 7) is 2.39. The lowest BCUT2D eigenvalue weighted by molar-refractivity contribution is -0.115. The lowest BCUT2D eigenvalue weighted by Gasteiger charge is -2.24. The number of para-hydroxylation sites is 1. The Hall–Kier alpha value is -3.91. The molecule has 1 aliphatic rings. The van der Waals surface area contributed by atoms with Gasteiger partial charge in [-0.05, 0) is 59.3 Å². The van der Waals surface area contributed by atoms with Crippen LogP contribution >= 0.6 is 11.8 Å². The van der Waals surface area contributed by atoms with E-state index in [1.807, 2.05) is 84.6 Å². The van der Waals surface area contributed by atoms with Crippen molar-refractivity contribution in [3.63, 3.8) is 0 Å². The number of carbonyl (C=O) groups is 1. The zero-order valence-electron chi connectivity index (χ0n) is 18.5. The highest BCUT2D eigenvalue weighted by molar-refractivity contribution is 8.00. The maximum Gasteiger partial charge on any atom is 0.238 e. The van der Waals surface area contributed by atoms with Crippen molar-refractivity contribution < 1.29 is 9.53 Å². The molecule has 5 aromatic rings. The molecule has 8 heteroatoms. The molecule has 34 heavy (non-hydrogen) atoms. The molecule has 6 rings (SSSR count). The van der Waals surface area contributed by atoms with Crippen molar-refractivity contribution in [1.82, 2.24) is 20.0 Å². The van der Waals surface area contributed by atoms with Crippen LogP contribution in [0.15, 0.2) is 78.9 Å². The summed E-state index contributed by atoms with van der Waals surface area (Å²) in [6.07, 6.45) is 0. The molecule has 1 aliphatic heterocycles. The number of ether oxygens (including phenoxy) is 1. The molecule has 1 unspecified atom stereocenters. The van der Waals surface area contributed by atoms with Crippen LogP contribution in [0.5, 0.6) is 5.75 Å². The molecule has 3 aromatic carbocycles. The van der Waals surface area contributed by atoms with Crippen LogP contribution in [0.4, 0.5) is 5.69 Å². The van der Waals surface area contributed by atoms with E-state index in [2.05, 4.69) is 21.6 Å². The second-order valence-electron chi connectivity index (χ2n) is 8.26. The van der Waals surface area contributed by atoms with Gasteiger partial charge in [-0.3, -0.25) is 9.69 Å². The molecule has 1 amide bonds. The first-order valence-electron chi connectivity index (χ1n) is 11.0. The van der Waals surface area contributed by atoms with Crippen LogP contribution in [-0.2, 0) is 11.4 Å². The van der Waals surface area contributed by atoms with Gasteiger partial charge in [0, 0.05) is 16.6 Å². The van der Waals surface area contributed by atoms with E-state index >= 15 is 0 Å². The minimum absolute atomic E-state index is 0.0496. The van der Waals surface area contributed by atoms with Gasteiger partial charge in [0.25, 0.3) is 0 Å². The minimum Gasteiger partial charge on any atom is -0.489 e. The fourth-order valence-corrected chi connectivity index (χ4v) is 5.43. The first kappa shape index (κ1) is 20.7. The molecule has 0 aliphatic carbocycles. The quantitative estimate of drug-likeness (QED) is 0.364. The van der Waals surface area contributed by atoms with E-state index in [1.54, 1.807) is 16.3 Å². The first-order chi connectivity index (χ1) is 16.7. The minimum atomic E-state index is -0.0496. The van der Waals surface area contributed by atoms with E-state index in [1.165, 1.54) is 5.56 Å². The summed E-state index contributed by atoms with van der Waals surface area (Å²) in [5, 5.41) is 13.1. The number of amides is 1. The van der Waals surface area contributed by atoms with Crippen molar-refractivity contribution in [2.24, 2.45) is 0 Å². The van der Waals surface area contributed by atoms with E-state index in [9.17, 15) is 4.79 Å².